The molecule has 0 amide bonds. The normalized spacial score (nSPS) is 16.2. The average Bonchev–Trinajstić information content (AvgIpc) is 2.04. The molecule has 4 heteroatoms. The largest absolute Gasteiger partial charge is 0.384 e. The number of rotatable bonds is 3. The van der Waals surface area contributed by atoms with E-state index in [9.17, 15) is 5.11 Å². The number of aliphatic hydroxyl groups excluding tert-OH is 1. The van der Waals surface area contributed by atoms with Gasteiger partial charge in [0, 0.05) is 0 Å². The van der Waals surface area contributed by atoms with Gasteiger partial charge in [-0.2, -0.15) is 0 Å². The quantitative estimate of drug-likeness (QED) is 0.593. The standard InChI is InChI=1S/C9H11Cl3O/c1-3-5-6-7(4-2)8(13)9(10,11)12/h3-6,8,13H,1H2,2H3/b6-5-,7-4+. The number of hydrogen-bond donors (Lipinski definition) is 1. The minimum atomic E-state index is -1.70. The molecule has 0 saturated carbocycles. The fourth-order valence-electron chi connectivity index (χ4n) is 0.713. The third-order valence-corrected chi connectivity index (χ3v) is 2.00. The van der Waals surface area contributed by atoms with Crippen molar-refractivity contribution in [2.45, 2.75) is 16.8 Å². The second-order valence-electron chi connectivity index (χ2n) is 2.33. The number of allylic oxidation sites excluding steroid dienone is 3. The van der Waals surface area contributed by atoms with E-state index in [2.05, 4.69) is 6.58 Å². The first-order valence-electron chi connectivity index (χ1n) is 3.63. The fourth-order valence-corrected chi connectivity index (χ4v) is 1.09. The van der Waals surface area contributed by atoms with Crippen molar-refractivity contribution >= 4 is 34.8 Å². The summed E-state index contributed by atoms with van der Waals surface area (Å²) in [4.78, 5) is 0. The number of aliphatic hydroxyl groups is 1. The van der Waals surface area contributed by atoms with Crippen molar-refractivity contribution < 1.29 is 5.11 Å². The van der Waals surface area contributed by atoms with Gasteiger partial charge in [0.05, 0.1) is 0 Å². The number of alkyl halides is 3. The lowest BCUT2D eigenvalue weighted by Gasteiger charge is -2.19. The third kappa shape index (κ3) is 4.72. The van der Waals surface area contributed by atoms with Crippen LogP contribution in [0.1, 0.15) is 6.92 Å². The van der Waals surface area contributed by atoms with E-state index in [1.54, 1.807) is 31.2 Å². The van der Waals surface area contributed by atoms with Crippen molar-refractivity contribution in [1.82, 2.24) is 0 Å². The molecule has 0 aromatic heterocycles. The Morgan fingerprint density at radius 2 is 2.00 bits per heavy atom. The second kappa shape index (κ2) is 5.71. The summed E-state index contributed by atoms with van der Waals surface area (Å²) in [7, 11) is 0. The SMILES string of the molecule is C=C/C=C\C(=C/C)C(O)C(Cl)(Cl)Cl. The Balaban J connectivity index is 4.62. The van der Waals surface area contributed by atoms with E-state index in [0.717, 1.165) is 0 Å². The molecule has 1 N–H and O–H groups in total. The summed E-state index contributed by atoms with van der Waals surface area (Å²) in [5, 5.41) is 9.52. The van der Waals surface area contributed by atoms with Crippen LogP contribution in [0.15, 0.2) is 36.5 Å². The molecule has 0 heterocycles. The molecule has 1 atom stereocenters. The van der Waals surface area contributed by atoms with Crippen LogP contribution >= 0.6 is 34.8 Å². The van der Waals surface area contributed by atoms with Gasteiger partial charge in [0.15, 0.2) is 0 Å². The van der Waals surface area contributed by atoms with Gasteiger partial charge in [-0.15, -0.1) is 0 Å². The first kappa shape index (κ1) is 13.1. The highest BCUT2D eigenvalue weighted by molar-refractivity contribution is 6.68. The molecule has 74 valence electrons. The van der Waals surface area contributed by atoms with Crippen molar-refractivity contribution in [3.05, 3.63) is 36.5 Å². The molecular weight excluding hydrogens is 230 g/mol. The molecule has 0 spiro atoms. The topological polar surface area (TPSA) is 20.2 Å². The Bertz CT molecular complexity index is 226. The average molecular weight is 242 g/mol. The predicted molar refractivity (Wildman–Crippen MR) is 59.4 cm³/mol. The van der Waals surface area contributed by atoms with E-state index in [-0.39, 0.29) is 0 Å². The minimum absolute atomic E-state index is 0.542. The number of halogens is 3. The molecule has 0 bridgehead atoms. The lowest BCUT2D eigenvalue weighted by atomic mass is 10.1. The first-order chi connectivity index (χ1) is 5.93. The van der Waals surface area contributed by atoms with Gasteiger partial charge >= 0.3 is 0 Å². The highest BCUT2D eigenvalue weighted by Gasteiger charge is 2.32. The molecular formula is C9H11Cl3O. The van der Waals surface area contributed by atoms with E-state index < -0.39 is 9.90 Å². The molecule has 13 heavy (non-hydrogen) atoms. The van der Waals surface area contributed by atoms with Crippen LogP contribution in [0, 0.1) is 0 Å². The molecule has 0 aromatic rings. The zero-order valence-electron chi connectivity index (χ0n) is 7.17. The summed E-state index contributed by atoms with van der Waals surface area (Å²) in [6.07, 6.45) is 5.43. The van der Waals surface area contributed by atoms with Crippen molar-refractivity contribution in [2.75, 3.05) is 0 Å². The second-order valence-corrected chi connectivity index (χ2v) is 4.70. The first-order valence-corrected chi connectivity index (χ1v) is 4.77. The highest BCUT2D eigenvalue weighted by atomic mass is 35.6. The monoisotopic (exact) mass is 240 g/mol. The maximum Gasteiger partial charge on any atom is 0.220 e. The van der Waals surface area contributed by atoms with Crippen LogP contribution < -0.4 is 0 Å². The maximum atomic E-state index is 9.52. The molecule has 0 aliphatic carbocycles. The van der Waals surface area contributed by atoms with Crippen LogP contribution in [0.5, 0.6) is 0 Å². The zero-order chi connectivity index (χ0) is 10.5. The van der Waals surface area contributed by atoms with Gasteiger partial charge in [0.1, 0.15) is 6.10 Å². The van der Waals surface area contributed by atoms with Crippen LogP contribution in [0.3, 0.4) is 0 Å². The van der Waals surface area contributed by atoms with Gasteiger partial charge in [0.25, 0.3) is 0 Å². The van der Waals surface area contributed by atoms with Crippen LogP contribution in [-0.2, 0) is 0 Å². The molecule has 0 rings (SSSR count). The van der Waals surface area contributed by atoms with Crippen molar-refractivity contribution in [3.8, 4) is 0 Å². The lowest BCUT2D eigenvalue weighted by molar-refractivity contribution is 0.219. The fraction of sp³-hybridized carbons (Fsp3) is 0.333. The summed E-state index contributed by atoms with van der Waals surface area (Å²) in [6.45, 7) is 5.25. The molecule has 1 nitrogen and oxygen atoms in total. The maximum absolute atomic E-state index is 9.52. The van der Waals surface area contributed by atoms with Crippen LogP contribution in [0.2, 0.25) is 0 Å². The van der Waals surface area contributed by atoms with E-state index in [0.29, 0.717) is 5.57 Å². The van der Waals surface area contributed by atoms with Gasteiger partial charge in [-0.3, -0.25) is 0 Å². The Hall–Kier alpha value is 0.0500. The van der Waals surface area contributed by atoms with Crippen LogP contribution in [-0.4, -0.2) is 15.0 Å². The Labute approximate surface area is 93.3 Å². The Kier molecular flexibility index (Phi) is 5.73. The van der Waals surface area contributed by atoms with Gasteiger partial charge in [-0.05, 0) is 12.5 Å². The smallest absolute Gasteiger partial charge is 0.220 e. The van der Waals surface area contributed by atoms with Gasteiger partial charge < -0.3 is 5.11 Å². The van der Waals surface area contributed by atoms with Crippen molar-refractivity contribution in [2.24, 2.45) is 0 Å². The van der Waals surface area contributed by atoms with Crippen LogP contribution in [0.4, 0.5) is 0 Å². The van der Waals surface area contributed by atoms with Gasteiger partial charge in [-0.1, -0.05) is 65.7 Å². The van der Waals surface area contributed by atoms with E-state index in [4.69, 9.17) is 34.8 Å². The van der Waals surface area contributed by atoms with Gasteiger partial charge in [-0.25, -0.2) is 0 Å². The van der Waals surface area contributed by atoms with Gasteiger partial charge in [0.2, 0.25) is 3.79 Å². The highest BCUT2D eigenvalue weighted by Crippen LogP contribution is 2.34. The molecule has 0 aliphatic heterocycles. The summed E-state index contributed by atoms with van der Waals surface area (Å²) in [5.41, 5.74) is 0.542. The van der Waals surface area contributed by atoms with E-state index in [1.165, 1.54) is 0 Å². The summed E-state index contributed by atoms with van der Waals surface area (Å²) >= 11 is 16.5. The molecule has 1 unspecified atom stereocenters. The summed E-state index contributed by atoms with van der Waals surface area (Å²) in [5.74, 6) is 0. The third-order valence-electron chi connectivity index (χ3n) is 1.38. The lowest BCUT2D eigenvalue weighted by Crippen LogP contribution is -2.26. The zero-order valence-corrected chi connectivity index (χ0v) is 9.44. The summed E-state index contributed by atoms with van der Waals surface area (Å²) in [6, 6.07) is 0. The molecule has 0 fully saturated rings. The van der Waals surface area contributed by atoms with Crippen LogP contribution in [0.25, 0.3) is 0 Å². The van der Waals surface area contributed by atoms with E-state index >= 15 is 0 Å². The predicted octanol–water partition coefficient (Wildman–Crippen LogP) is 3.41. The Morgan fingerprint density at radius 3 is 2.31 bits per heavy atom. The summed E-state index contributed by atoms with van der Waals surface area (Å²) < 4.78 is -1.70. The Morgan fingerprint density at radius 1 is 1.46 bits per heavy atom. The minimum Gasteiger partial charge on any atom is -0.384 e. The van der Waals surface area contributed by atoms with Crippen molar-refractivity contribution in [3.63, 3.8) is 0 Å². The number of hydrogen-bond acceptors (Lipinski definition) is 1. The molecule has 0 aliphatic rings. The molecule has 0 radical (unpaired) electrons. The molecule has 0 aromatic carbocycles. The van der Waals surface area contributed by atoms with E-state index in [1.807, 2.05) is 0 Å². The van der Waals surface area contributed by atoms with Crippen molar-refractivity contribution in [1.29, 1.82) is 0 Å². The molecule has 0 saturated heterocycles.